The summed E-state index contributed by atoms with van der Waals surface area (Å²) < 4.78 is 144. The number of amides is 1. The molecule has 0 radical (unpaired) electrons. The third kappa shape index (κ3) is 24.8. The zero-order valence-corrected chi connectivity index (χ0v) is 67.3. The summed E-state index contributed by atoms with van der Waals surface area (Å²) in [6.07, 6.45) is -2.77. The van der Waals surface area contributed by atoms with Gasteiger partial charge in [-0.05, 0) is 197 Å². The molecule has 9 rings (SSSR count). The highest BCUT2D eigenvalue weighted by atomic mass is 35.5. The summed E-state index contributed by atoms with van der Waals surface area (Å²) in [6, 6.07) is 12.0. The Hall–Kier alpha value is -5.40. The molecule has 0 spiro atoms. The zero-order valence-electron chi connectivity index (χ0n) is 61.6. The van der Waals surface area contributed by atoms with E-state index >= 15 is 0 Å². The molecule has 2 N–H and O–H groups in total. The van der Waals surface area contributed by atoms with Gasteiger partial charge in [-0.1, -0.05) is 74.1 Å². The number of carbonyl (C=O) groups excluding carboxylic acids is 4. The minimum atomic E-state index is -4.65. The highest BCUT2D eigenvalue weighted by Gasteiger charge is 2.51. The third-order valence-electron chi connectivity index (χ3n) is 17.5. The van der Waals surface area contributed by atoms with Crippen molar-refractivity contribution in [2.45, 2.75) is 172 Å². The van der Waals surface area contributed by atoms with E-state index in [0.717, 1.165) is 44.6 Å². The first-order chi connectivity index (χ1) is 49.0. The fourth-order valence-electron chi connectivity index (χ4n) is 12.3. The van der Waals surface area contributed by atoms with Gasteiger partial charge in [-0.25, -0.2) is 27.7 Å². The molecule has 1 amide bonds. The van der Waals surface area contributed by atoms with Gasteiger partial charge in [0, 0.05) is 80.0 Å². The van der Waals surface area contributed by atoms with Crippen LogP contribution in [0.1, 0.15) is 198 Å². The number of esters is 2. The third-order valence-corrected chi connectivity index (χ3v) is 27.9. The van der Waals surface area contributed by atoms with E-state index in [9.17, 15) is 69.1 Å². The van der Waals surface area contributed by atoms with E-state index in [1.165, 1.54) is 53.4 Å². The summed E-state index contributed by atoms with van der Waals surface area (Å²) in [6.45, 7) is 28.1. The molecule has 3 aliphatic heterocycles. The lowest BCUT2D eigenvalue weighted by molar-refractivity contribution is -0.145. The standard InChI is InChI=1S/C27H26Cl2F3N3O4.C18H13Cl2F3N2O2.C9H17NO2.C9H21O6P3.C8H19N/c1-4-39-21(36)12-15-7-9-35(10-8-15)26(38)16-5-6-18(28)22(23(16)29)24(37)19-13-17-14(2)11-20(27(30,31)32)33-25(17)34(19)3;1-8-5-14(18(21,22)23)24-16-11(8)6-9(25(16)2)7-12-13(19)4-3-10(15(12)20)17(26)27;1-2-12-9(11)7-8-3-5-10-6-4-8;1-4-7-16(10)13-17(11,8-5-2)15-18(12,14-16)9-6-3;1-6-9(7(2)3)8(4)5/h5-6,11,13,15H,4,7-10,12H2,1-3H3;3-6H,7H2,1-2H3,(H,26,27);8,10H,2-7H2,1H3;4-9H2,1-3H3;7-8H,6H2,1-5H3. The number of likely N-dealkylation sites (tertiary alicyclic amines) is 1. The number of nitrogens with zero attached hydrogens (tertiary/aromatic N) is 6. The highest BCUT2D eigenvalue weighted by Crippen LogP contribution is 2.82. The van der Waals surface area contributed by atoms with Crippen molar-refractivity contribution in [2.24, 2.45) is 25.9 Å². The Labute approximate surface area is 630 Å². The van der Waals surface area contributed by atoms with Crippen molar-refractivity contribution >= 4 is 121 Å². The molecule has 0 bridgehead atoms. The number of carbonyl (C=O) groups is 5. The van der Waals surface area contributed by atoms with Crippen molar-refractivity contribution in [3.05, 3.63) is 125 Å². The topological polar surface area (TPSA) is 257 Å². The molecule has 2 aromatic carbocycles. The maximum absolute atomic E-state index is 13.6. The number of hydrogen-bond donors (Lipinski definition) is 2. The van der Waals surface area contributed by atoms with Crippen molar-refractivity contribution in [3.63, 3.8) is 0 Å². The van der Waals surface area contributed by atoms with E-state index in [2.05, 4.69) is 54.8 Å². The number of hydrogen-bond acceptors (Lipinski definition) is 17. The number of nitrogens with one attached hydrogen (secondary N) is 1. The number of halogens is 10. The SMILES string of the molecule is CCCP1(=O)OP(=O)(CCC)OP(=O)(CCC)O1.CCN(C(C)C)C(C)C.CCOC(=O)CC1CCN(C(=O)c2ccc(Cl)c(C(=O)c3cc4c(C)cc(C(F)(F)F)nc4n3C)c2Cl)CC1.CCOC(=O)CC1CCNCC1.Cc1cc(C(F)(F)F)nc2c1cc(Cc1c(Cl)ccc(C(=O)O)c1Cl)n2C. The largest absolute Gasteiger partial charge is 0.478 e. The van der Waals surface area contributed by atoms with Crippen LogP contribution in [-0.2, 0) is 78.6 Å². The number of piperidine rings is 2. The molecule has 0 atom stereocenters. The molecule has 0 unspecified atom stereocenters. The molecule has 105 heavy (non-hydrogen) atoms. The fourth-order valence-corrected chi connectivity index (χ4v) is 22.8. The average molecular weight is 1620 g/mol. The van der Waals surface area contributed by atoms with Gasteiger partial charge >= 0.3 is 53.0 Å². The second kappa shape index (κ2) is 39.8. The van der Waals surface area contributed by atoms with E-state index < -0.39 is 58.3 Å². The summed E-state index contributed by atoms with van der Waals surface area (Å²) >= 11 is 25.3. The predicted octanol–water partition coefficient (Wildman–Crippen LogP) is 19.7. The van der Waals surface area contributed by atoms with Crippen LogP contribution in [0.5, 0.6) is 0 Å². The first-order valence-electron chi connectivity index (χ1n) is 34.8. The number of alkyl halides is 6. The minimum absolute atomic E-state index is 0.000567. The molecular formula is C71H96Cl4F6N7O14P3. The first-order valence-corrected chi connectivity index (χ1v) is 41.5. The smallest absolute Gasteiger partial charge is 0.433 e. The van der Waals surface area contributed by atoms with E-state index in [4.69, 9.17) is 68.8 Å². The highest BCUT2D eigenvalue weighted by molar-refractivity contribution is 7.80. The van der Waals surface area contributed by atoms with Crippen LogP contribution in [0.3, 0.4) is 0 Å². The number of pyridine rings is 2. The molecule has 3 aliphatic rings. The summed E-state index contributed by atoms with van der Waals surface area (Å²) in [5.74, 6) is -1.88. The Balaban J connectivity index is 0.000000259. The molecule has 34 heteroatoms. The van der Waals surface area contributed by atoms with Gasteiger partial charge in [0.05, 0.1) is 69.2 Å². The number of aromatic nitrogens is 4. The van der Waals surface area contributed by atoms with Crippen LogP contribution in [-0.4, -0.2) is 140 Å². The van der Waals surface area contributed by atoms with Crippen molar-refractivity contribution in [2.75, 3.05) is 64.4 Å². The number of rotatable bonds is 21. The lowest BCUT2D eigenvalue weighted by atomic mass is 9.93. The summed E-state index contributed by atoms with van der Waals surface area (Å²) in [4.78, 5) is 72.6. The van der Waals surface area contributed by atoms with Crippen LogP contribution < -0.4 is 5.32 Å². The van der Waals surface area contributed by atoms with Crippen LogP contribution in [0.25, 0.3) is 22.1 Å². The number of carboxylic acid groups (broad SMARTS) is 1. The molecule has 6 aromatic rings. The maximum Gasteiger partial charge on any atom is 0.433 e. The van der Waals surface area contributed by atoms with Crippen LogP contribution in [0, 0.1) is 25.7 Å². The second-order valence-corrected chi connectivity index (χ2v) is 34.6. The average Bonchev–Trinajstić information content (AvgIpc) is 1.60. The lowest BCUT2D eigenvalue weighted by Gasteiger charge is -2.33. The van der Waals surface area contributed by atoms with Gasteiger partial charge in [0.25, 0.3) is 5.91 Å². The second-order valence-electron chi connectivity index (χ2n) is 26.1. The number of benzene rings is 2. The van der Waals surface area contributed by atoms with Gasteiger partial charge in [-0.2, -0.15) is 26.3 Å². The van der Waals surface area contributed by atoms with E-state index in [0.29, 0.717) is 122 Å². The number of aromatic carboxylic acids is 1. The molecule has 3 fully saturated rings. The Kier molecular flexibility index (Phi) is 34.2. The van der Waals surface area contributed by atoms with E-state index in [-0.39, 0.29) is 102 Å². The Morgan fingerprint density at radius 2 is 1.06 bits per heavy atom. The number of ketones is 1. The molecule has 0 aliphatic carbocycles. The van der Waals surface area contributed by atoms with Crippen molar-refractivity contribution in [1.29, 1.82) is 0 Å². The summed E-state index contributed by atoms with van der Waals surface area (Å²) in [5, 5.41) is 13.6. The zero-order chi connectivity index (χ0) is 78.9. The van der Waals surface area contributed by atoms with Crippen molar-refractivity contribution in [3.8, 4) is 0 Å². The summed E-state index contributed by atoms with van der Waals surface area (Å²) in [5.41, 5.74) is -0.260. The van der Waals surface area contributed by atoms with Crippen LogP contribution in [0.4, 0.5) is 26.3 Å². The number of carboxylic acids is 1. The Morgan fingerprint density at radius 1 is 0.629 bits per heavy atom. The molecule has 21 nitrogen and oxygen atoms in total. The number of fused-ring (bicyclic) bond motifs is 2. The fraction of sp³-hybridized carbons (Fsp3) is 0.563. The monoisotopic (exact) mass is 1620 g/mol. The normalized spacial score (nSPS) is 18.7. The molecule has 4 aromatic heterocycles. The van der Waals surface area contributed by atoms with Crippen LogP contribution in [0.2, 0.25) is 20.1 Å². The van der Waals surface area contributed by atoms with Crippen LogP contribution >= 0.6 is 69.2 Å². The maximum atomic E-state index is 13.6. The minimum Gasteiger partial charge on any atom is -0.478 e. The number of aryl methyl sites for hydroxylation is 4. The van der Waals surface area contributed by atoms with Gasteiger partial charge in [-0.15, -0.1) is 0 Å². The van der Waals surface area contributed by atoms with Gasteiger partial charge in [-0.3, -0.25) is 37.8 Å². The molecular weight excluding hydrogens is 1520 g/mol. The summed E-state index contributed by atoms with van der Waals surface area (Å²) in [7, 11) is -7.68. The number of ether oxygens (including phenoxy) is 2. The van der Waals surface area contributed by atoms with Gasteiger partial charge < -0.3 is 33.9 Å². The van der Waals surface area contributed by atoms with Crippen molar-refractivity contribution < 1.29 is 91.5 Å². The van der Waals surface area contributed by atoms with E-state index in [1.807, 2.05) is 6.92 Å². The quantitative estimate of drug-likeness (QED) is 0.0294. The molecule has 7 heterocycles. The van der Waals surface area contributed by atoms with Gasteiger partial charge in [0.15, 0.2) is 0 Å². The Bertz CT molecular complexity index is 4090. The molecule has 3 saturated heterocycles. The first kappa shape index (κ1) is 90.2. The Morgan fingerprint density at radius 3 is 1.47 bits per heavy atom. The van der Waals surface area contributed by atoms with Gasteiger partial charge in [0.1, 0.15) is 22.7 Å². The molecule has 584 valence electrons. The van der Waals surface area contributed by atoms with Crippen molar-refractivity contribution in [1.82, 2.24) is 34.2 Å². The predicted molar refractivity (Wildman–Crippen MR) is 398 cm³/mol. The van der Waals surface area contributed by atoms with Gasteiger partial charge in [0.2, 0.25) is 5.78 Å². The van der Waals surface area contributed by atoms with E-state index in [1.54, 1.807) is 52.6 Å². The lowest BCUT2D eigenvalue weighted by Crippen LogP contribution is -2.39. The van der Waals surface area contributed by atoms with Crippen LogP contribution in [0.15, 0.2) is 48.5 Å². The molecule has 0 saturated carbocycles.